The van der Waals surface area contributed by atoms with Crippen molar-refractivity contribution < 1.29 is 9.59 Å². The fraction of sp³-hybridized carbons (Fsp3) is 0.333. The van der Waals surface area contributed by atoms with Gasteiger partial charge >= 0.3 is 0 Å². The van der Waals surface area contributed by atoms with E-state index >= 15 is 0 Å². The quantitative estimate of drug-likeness (QED) is 0.631. The molecule has 3 aromatic rings. The van der Waals surface area contributed by atoms with Crippen molar-refractivity contribution in [3.8, 4) is 0 Å². The molecule has 3 N–H and O–H groups in total. The topological polar surface area (TPSA) is 105 Å². The van der Waals surface area contributed by atoms with Crippen LogP contribution in [0.3, 0.4) is 0 Å². The largest absolute Gasteiger partial charge is 0.351 e. The molecule has 0 saturated carbocycles. The van der Waals surface area contributed by atoms with E-state index < -0.39 is 0 Å². The fourth-order valence-electron chi connectivity index (χ4n) is 2.44. The van der Waals surface area contributed by atoms with E-state index in [1.54, 1.807) is 16.1 Å². The van der Waals surface area contributed by atoms with Crippen molar-refractivity contribution in [1.82, 2.24) is 25.3 Å². The smallest absolute Gasteiger partial charge is 0.252 e. The first-order chi connectivity index (χ1) is 11.6. The lowest BCUT2D eigenvalue weighted by Crippen LogP contribution is -2.27. The molecular weight excluding hydrogens is 328 g/mol. The van der Waals surface area contributed by atoms with Crippen LogP contribution >= 0.6 is 11.3 Å². The van der Waals surface area contributed by atoms with Crippen LogP contribution in [0.4, 0.5) is 5.82 Å². The van der Waals surface area contributed by atoms with Crippen LogP contribution in [-0.2, 0) is 18.3 Å². The second kappa shape index (κ2) is 6.83. The Kier molecular flexibility index (Phi) is 4.61. The normalized spacial score (nSPS) is 10.9. The average Bonchev–Trinajstić information content (AvgIpc) is 3.27. The van der Waals surface area contributed by atoms with Crippen LogP contribution in [-0.4, -0.2) is 38.3 Å². The second-order valence-electron chi connectivity index (χ2n) is 5.29. The zero-order valence-electron chi connectivity index (χ0n) is 13.4. The van der Waals surface area contributed by atoms with Gasteiger partial charge in [0.2, 0.25) is 5.91 Å². The molecule has 2 amide bonds. The Morgan fingerprint density at radius 1 is 1.42 bits per heavy atom. The summed E-state index contributed by atoms with van der Waals surface area (Å²) >= 11 is 1.46. The number of aromatic nitrogens is 4. The highest BCUT2D eigenvalue weighted by atomic mass is 32.1. The third-order valence-corrected chi connectivity index (χ3v) is 4.32. The number of nitrogens with zero attached hydrogens (tertiary/aromatic N) is 3. The van der Waals surface area contributed by atoms with Crippen LogP contribution in [0.1, 0.15) is 29.4 Å². The zero-order chi connectivity index (χ0) is 17.1. The Hall–Kier alpha value is -2.68. The van der Waals surface area contributed by atoms with Gasteiger partial charge in [-0.3, -0.25) is 14.7 Å². The van der Waals surface area contributed by atoms with Crippen LogP contribution < -0.4 is 10.6 Å². The monoisotopic (exact) mass is 346 g/mol. The van der Waals surface area contributed by atoms with Crippen LogP contribution in [0, 0.1) is 0 Å². The summed E-state index contributed by atoms with van der Waals surface area (Å²) in [5.41, 5.74) is 2.19. The molecule has 0 unspecified atom stereocenters. The first kappa shape index (κ1) is 16.2. The Morgan fingerprint density at radius 3 is 2.96 bits per heavy atom. The summed E-state index contributed by atoms with van der Waals surface area (Å²) in [6, 6.07) is 1.75. The molecule has 9 heteroatoms. The van der Waals surface area contributed by atoms with Gasteiger partial charge in [0.1, 0.15) is 5.82 Å². The van der Waals surface area contributed by atoms with E-state index in [0.717, 1.165) is 17.5 Å². The maximum atomic E-state index is 12.1. The van der Waals surface area contributed by atoms with Gasteiger partial charge in [0.05, 0.1) is 11.1 Å². The number of anilines is 1. The first-order valence-corrected chi connectivity index (χ1v) is 8.54. The SMILES string of the molecule is CCc1nn(C)c2n[nH]c(NC(=O)CCNC(=O)c3ccsc3)c12. The second-order valence-corrected chi connectivity index (χ2v) is 6.07. The maximum Gasteiger partial charge on any atom is 0.252 e. The molecule has 3 aromatic heterocycles. The van der Waals surface area contributed by atoms with E-state index in [2.05, 4.69) is 25.9 Å². The van der Waals surface area contributed by atoms with Crippen LogP contribution in [0.5, 0.6) is 0 Å². The summed E-state index contributed by atoms with van der Waals surface area (Å²) < 4.78 is 1.68. The lowest BCUT2D eigenvalue weighted by atomic mass is 10.2. The summed E-state index contributed by atoms with van der Waals surface area (Å²) in [5.74, 6) is 0.176. The number of thiophene rings is 1. The summed E-state index contributed by atoms with van der Waals surface area (Å²) in [6.45, 7) is 2.27. The van der Waals surface area contributed by atoms with Crippen molar-refractivity contribution in [3.05, 3.63) is 28.1 Å². The number of aromatic amines is 1. The number of rotatable bonds is 6. The van der Waals surface area contributed by atoms with Crippen molar-refractivity contribution in [3.63, 3.8) is 0 Å². The number of amides is 2. The highest BCUT2D eigenvalue weighted by Crippen LogP contribution is 2.24. The van der Waals surface area contributed by atoms with Crippen molar-refractivity contribution in [2.75, 3.05) is 11.9 Å². The summed E-state index contributed by atoms with van der Waals surface area (Å²) in [4.78, 5) is 23.9. The molecule has 0 saturated heterocycles. The van der Waals surface area contributed by atoms with Crippen LogP contribution in [0.25, 0.3) is 11.0 Å². The van der Waals surface area contributed by atoms with E-state index in [1.807, 2.05) is 19.4 Å². The molecule has 8 nitrogen and oxygen atoms in total. The van der Waals surface area contributed by atoms with Gasteiger partial charge in [-0.1, -0.05) is 6.92 Å². The summed E-state index contributed by atoms with van der Waals surface area (Å²) in [6.07, 6.45) is 0.925. The lowest BCUT2D eigenvalue weighted by molar-refractivity contribution is -0.116. The van der Waals surface area contributed by atoms with Crippen molar-refractivity contribution in [1.29, 1.82) is 0 Å². The Balaban J connectivity index is 1.58. The molecule has 0 spiro atoms. The third kappa shape index (κ3) is 3.16. The number of fused-ring (bicyclic) bond motifs is 1. The molecule has 0 aromatic carbocycles. The number of H-pyrrole nitrogens is 1. The first-order valence-electron chi connectivity index (χ1n) is 7.60. The van der Waals surface area contributed by atoms with Gasteiger partial charge in [-0.2, -0.15) is 21.5 Å². The minimum absolute atomic E-state index is 0.173. The molecule has 0 aliphatic heterocycles. The number of carbonyl (C=O) groups excluding carboxylic acids is 2. The summed E-state index contributed by atoms with van der Waals surface area (Å²) in [5, 5.41) is 21.3. The Bertz CT molecular complexity index is 864. The van der Waals surface area contributed by atoms with Gasteiger partial charge in [0.25, 0.3) is 5.91 Å². The third-order valence-electron chi connectivity index (χ3n) is 3.63. The number of hydrogen-bond acceptors (Lipinski definition) is 5. The molecule has 0 radical (unpaired) electrons. The predicted octanol–water partition coefficient (Wildman–Crippen LogP) is 1.68. The van der Waals surface area contributed by atoms with Gasteiger partial charge < -0.3 is 10.6 Å². The zero-order valence-corrected chi connectivity index (χ0v) is 14.2. The molecular formula is C15H18N6O2S. The van der Waals surface area contributed by atoms with Crippen molar-refractivity contribution in [2.45, 2.75) is 19.8 Å². The molecule has 3 rings (SSSR count). The maximum absolute atomic E-state index is 12.1. The Morgan fingerprint density at radius 2 is 2.25 bits per heavy atom. The van der Waals surface area contributed by atoms with Gasteiger partial charge in [0.15, 0.2) is 5.65 Å². The molecule has 0 bridgehead atoms. The van der Waals surface area contributed by atoms with E-state index in [0.29, 0.717) is 17.0 Å². The van der Waals surface area contributed by atoms with E-state index in [-0.39, 0.29) is 24.8 Å². The van der Waals surface area contributed by atoms with Crippen molar-refractivity contribution in [2.24, 2.45) is 7.05 Å². The van der Waals surface area contributed by atoms with Crippen LogP contribution in [0.2, 0.25) is 0 Å². The van der Waals surface area contributed by atoms with Gasteiger partial charge in [-0.05, 0) is 17.9 Å². The number of hydrogen-bond donors (Lipinski definition) is 3. The minimum Gasteiger partial charge on any atom is -0.351 e. The van der Waals surface area contributed by atoms with E-state index in [9.17, 15) is 9.59 Å². The van der Waals surface area contributed by atoms with Gasteiger partial charge in [0, 0.05) is 31.0 Å². The van der Waals surface area contributed by atoms with Crippen molar-refractivity contribution >= 4 is 40.0 Å². The molecule has 0 fully saturated rings. The highest BCUT2D eigenvalue weighted by Gasteiger charge is 2.17. The minimum atomic E-state index is -0.197. The number of aryl methyl sites for hydroxylation is 2. The standard InChI is InChI=1S/C15H18N6O2S/c1-3-10-12-13(18-19-14(12)21(2)20-10)17-11(22)4-6-16-15(23)9-5-7-24-8-9/h5,7-8H,3-4,6H2,1-2H3,(H,16,23)(H2,17,18,19,22). The number of carbonyl (C=O) groups is 2. The van der Waals surface area contributed by atoms with Gasteiger partial charge in [-0.25, -0.2) is 4.68 Å². The van der Waals surface area contributed by atoms with E-state index in [1.165, 1.54) is 11.3 Å². The molecule has 126 valence electrons. The van der Waals surface area contributed by atoms with Gasteiger partial charge in [-0.15, -0.1) is 0 Å². The lowest BCUT2D eigenvalue weighted by Gasteiger charge is -2.05. The predicted molar refractivity (Wildman–Crippen MR) is 92.1 cm³/mol. The molecule has 0 atom stereocenters. The number of nitrogens with one attached hydrogen (secondary N) is 3. The molecule has 0 aliphatic rings. The van der Waals surface area contributed by atoms with E-state index in [4.69, 9.17) is 0 Å². The average molecular weight is 346 g/mol. The van der Waals surface area contributed by atoms with Crippen LogP contribution in [0.15, 0.2) is 16.8 Å². The summed E-state index contributed by atoms with van der Waals surface area (Å²) in [7, 11) is 1.81. The molecule has 3 heterocycles. The fourth-order valence-corrected chi connectivity index (χ4v) is 3.08. The Labute approximate surface area is 142 Å². The molecule has 0 aliphatic carbocycles. The highest BCUT2D eigenvalue weighted by molar-refractivity contribution is 7.08. The molecule has 24 heavy (non-hydrogen) atoms.